The van der Waals surface area contributed by atoms with E-state index < -0.39 is 0 Å². The largest absolute Gasteiger partial charge is 0.309 e. The highest BCUT2D eigenvalue weighted by Gasteiger charge is 2.51. The minimum absolute atomic E-state index is 0.306. The normalized spacial score (nSPS) is 13.1. The predicted molar refractivity (Wildman–Crippen MR) is 237 cm³/mol. The highest BCUT2D eigenvalue weighted by molar-refractivity contribution is 6.09. The van der Waals surface area contributed by atoms with E-state index >= 15 is 0 Å². The van der Waals surface area contributed by atoms with E-state index in [2.05, 4.69) is 217 Å². The Bertz CT molecular complexity index is 3060. The predicted octanol–water partition coefficient (Wildman–Crippen LogP) is 14.1. The number of hydrogen-bond acceptors (Lipinski definition) is 0. The zero-order chi connectivity index (χ0) is 37.5. The van der Waals surface area contributed by atoms with Crippen LogP contribution in [-0.2, 0) is 11.8 Å². The lowest BCUT2D eigenvalue weighted by Crippen LogP contribution is -2.26. The van der Waals surface area contributed by atoms with E-state index in [0.29, 0.717) is 0 Å². The first-order valence-corrected chi connectivity index (χ1v) is 20.0. The maximum absolute atomic E-state index is 2.50. The Kier molecular flexibility index (Phi) is 6.97. The van der Waals surface area contributed by atoms with Gasteiger partial charge in [0.2, 0.25) is 0 Å². The maximum Gasteiger partial charge on any atom is 0.0725 e. The summed E-state index contributed by atoms with van der Waals surface area (Å²) in [4.78, 5) is 0. The van der Waals surface area contributed by atoms with E-state index in [1.807, 2.05) is 0 Å². The SMILES string of the molecule is c1ccc2c(c1)-c1ccccc1C21c2ccccc2-c2ccc(Cc3ccc(-c4ccc(-c5ccc(-n6c7ccccc7c7ccccc76)cc5)cc4)cc3)cc21. The van der Waals surface area contributed by atoms with E-state index in [-0.39, 0.29) is 5.41 Å². The van der Waals surface area contributed by atoms with Gasteiger partial charge in [-0.05, 0) is 109 Å². The third-order valence-corrected chi connectivity index (χ3v) is 12.7. The third kappa shape index (κ3) is 4.70. The molecule has 266 valence electrons. The van der Waals surface area contributed by atoms with Gasteiger partial charge in [0.1, 0.15) is 0 Å². The summed E-state index contributed by atoms with van der Waals surface area (Å²) in [6, 6.07) is 78.8. The molecule has 0 unspecified atom stereocenters. The molecule has 0 atom stereocenters. The van der Waals surface area contributed by atoms with Gasteiger partial charge in [-0.2, -0.15) is 0 Å². The number of benzene rings is 9. The number of fused-ring (bicyclic) bond motifs is 13. The van der Waals surface area contributed by atoms with E-state index in [0.717, 1.165) is 6.42 Å². The molecule has 10 aromatic rings. The zero-order valence-corrected chi connectivity index (χ0v) is 31.4. The van der Waals surface area contributed by atoms with Gasteiger partial charge in [0, 0.05) is 16.5 Å². The molecule has 1 heteroatoms. The summed E-state index contributed by atoms with van der Waals surface area (Å²) in [5, 5.41) is 2.57. The fraction of sp³-hybridized carbons (Fsp3) is 0.0357. The van der Waals surface area contributed by atoms with Gasteiger partial charge in [-0.3, -0.25) is 0 Å². The van der Waals surface area contributed by atoms with Gasteiger partial charge in [-0.1, -0.05) is 188 Å². The fourth-order valence-corrected chi connectivity index (χ4v) is 10.2. The van der Waals surface area contributed by atoms with Crippen LogP contribution in [-0.4, -0.2) is 4.57 Å². The highest BCUT2D eigenvalue weighted by atomic mass is 15.0. The van der Waals surface area contributed by atoms with Gasteiger partial charge in [0.25, 0.3) is 0 Å². The first-order chi connectivity index (χ1) is 28.3. The summed E-state index contributed by atoms with van der Waals surface area (Å²) in [5.41, 5.74) is 21.8. The Morgan fingerprint density at radius 2 is 0.702 bits per heavy atom. The van der Waals surface area contributed by atoms with Crippen LogP contribution in [0.4, 0.5) is 0 Å². The molecule has 57 heavy (non-hydrogen) atoms. The van der Waals surface area contributed by atoms with Crippen molar-refractivity contribution in [2.24, 2.45) is 0 Å². The standard InChI is InChI=1S/C56H37N/c1-6-16-50-44(11-1)45-12-2-7-17-51(45)56(50)52-18-8-3-13-46(52)47-34-23-38(36-53(47)56)35-37-21-24-39(25-22-37)40-26-28-41(29-27-40)42-30-32-43(33-31-42)57-54-19-9-4-14-48(54)49-15-5-10-20-55(49)57/h1-34,36H,35H2. The Morgan fingerprint density at radius 1 is 0.316 bits per heavy atom. The van der Waals surface area contributed by atoms with Gasteiger partial charge in [0.15, 0.2) is 0 Å². The smallest absolute Gasteiger partial charge is 0.0725 e. The Morgan fingerprint density at radius 3 is 1.21 bits per heavy atom. The van der Waals surface area contributed by atoms with Crippen LogP contribution in [0, 0.1) is 0 Å². The van der Waals surface area contributed by atoms with Crippen molar-refractivity contribution in [3.05, 3.63) is 246 Å². The first kappa shape index (κ1) is 32.1. The van der Waals surface area contributed by atoms with Gasteiger partial charge in [-0.15, -0.1) is 0 Å². The second kappa shape index (κ2) is 12.4. The maximum atomic E-state index is 2.50. The van der Waals surface area contributed by atoms with E-state index in [1.165, 1.54) is 105 Å². The summed E-state index contributed by atoms with van der Waals surface area (Å²) in [5.74, 6) is 0. The molecule has 0 aliphatic heterocycles. The van der Waals surface area contributed by atoms with Crippen molar-refractivity contribution < 1.29 is 0 Å². The minimum Gasteiger partial charge on any atom is -0.309 e. The van der Waals surface area contributed by atoms with Gasteiger partial charge in [-0.25, -0.2) is 0 Å². The van der Waals surface area contributed by atoms with E-state index in [1.54, 1.807) is 0 Å². The van der Waals surface area contributed by atoms with Crippen molar-refractivity contribution in [2.45, 2.75) is 11.8 Å². The summed E-state index contributed by atoms with van der Waals surface area (Å²) >= 11 is 0. The lowest BCUT2D eigenvalue weighted by atomic mass is 9.70. The molecule has 1 aromatic heterocycles. The molecular formula is C56H37N. The topological polar surface area (TPSA) is 4.93 Å². The van der Waals surface area contributed by atoms with Crippen LogP contribution in [0.15, 0.2) is 212 Å². The van der Waals surface area contributed by atoms with E-state index in [4.69, 9.17) is 0 Å². The Balaban J connectivity index is 0.822. The molecule has 0 amide bonds. The number of aromatic nitrogens is 1. The highest BCUT2D eigenvalue weighted by Crippen LogP contribution is 2.62. The van der Waals surface area contributed by atoms with Gasteiger partial charge < -0.3 is 4.57 Å². The molecule has 2 aliphatic rings. The number of hydrogen-bond donors (Lipinski definition) is 0. The quantitative estimate of drug-likeness (QED) is 0.167. The van der Waals surface area contributed by atoms with Crippen LogP contribution in [0.5, 0.6) is 0 Å². The van der Waals surface area contributed by atoms with Crippen LogP contribution < -0.4 is 0 Å². The molecule has 9 aromatic carbocycles. The molecule has 0 N–H and O–H groups in total. The van der Waals surface area contributed by atoms with E-state index in [9.17, 15) is 0 Å². The molecule has 1 spiro atoms. The molecule has 0 fully saturated rings. The second-order valence-corrected chi connectivity index (χ2v) is 15.6. The minimum atomic E-state index is -0.306. The lowest BCUT2D eigenvalue weighted by molar-refractivity contribution is 0.792. The molecule has 2 aliphatic carbocycles. The summed E-state index contributed by atoms with van der Waals surface area (Å²) < 4.78 is 2.37. The average Bonchev–Trinajstić information content (AvgIpc) is 3.89. The first-order valence-electron chi connectivity index (χ1n) is 20.0. The molecule has 0 bridgehead atoms. The van der Waals surface area contributed by atoms with Crippen molar-refractivity contribution in [1.82, 2.24) is 4.57 Å². The second-order valence-electron chi connectivity index (χ2n) is 15.6. The number of rotatable bonds is 5. The number of nitrogens with zero attached hydrogens (tertiary/aromatic N) is 1. The van der Waals surface area contributed by atoms with Crippen molar-refractivity contribution in [2.75, 3.05) is 0 Å². The van der Waals surface area contributed by atoms with Gasteiger partial charge >= 0.3 is 0 Å². The van der Waals surface area contributed by atoms with Crippen LogP contribution in [0.1, 0.15) is 33.4 Å². The Hall–Kier alpha value is -7.22. The van der Waals surface area contributed by atoms with Gasteiger partial charge in [0.05, 0.1) is 16.4 Å². The molecule has 1 heterocycles. The van der Waals surface area contributed by atoms with Crippen LogP contribution >= 0.6 is 0 Å². The average molecular weight is 724 g/mol. The molecule has 0 radical (unpaired) electrons. The van der Waals surface area contributed by atoms with Crippen LogP contribution in [0.2, 0.25) is 0 Å². The van der Waals surface area contributed by atoms with Crippen LogP contribution in [0.3, 0.4) is 0 Å². The van der Waals surface area contributed by atoms with Crippen molar-refractivity contribution in [1.29, 1.82) is 0 Å². The molecule has 1 nitrogen and oxygen atoms in total. The van der Waals surface area contributed by atoms with Crippen molar-refractivity contribution in [3.63, 3.8) is 0 Å². The summed E-state index contributed by atoms with van der Waals surface area (Å²) in [6.07, 6.45) is 0.882. The molecule has 0 saturated heterocycles. The lowest BCUT2D eigenvalue weighted by Gasteiger charge is -2.30. The zero-order valence-electron chi connectivity index (χ0n) is 31.4. The third-order valence-electron chi connectivity index (χ3n) is 12.7. The summed E-state index contributed by atoms with van der Waals surface area (Å²) in [6.45, 7) is 0. The number of para-hydroxylation sites is 2. The molecule has 0 saturated carbocycles. The fourth-order valence-electron chi connectivity index (χ4n) is 10.2. The van der Waals surface area contributed by atoms with Crippen molar-refractivity contribution >= 4 is 21.8 Å². The molecular weight excluding hydrogens is 687 g/mol. The van der Waals surface area contributed by atoms with Crippen molar-refractivity contribution in [3.8, 4) is 50.2 Å². The summed E-state index contributed by atoms with van der Waals surface area (Å²) in [7, 11) is 0. The molecule has 12 rings (SSSR count). The monoisotopic (exact) mass is 723 g/mol. The van der Waals surface area contributed by atoms with Crippen LogP contribution in [0.25, 0.3) is 72.0 Å². The Labute approximate surface area is 332 Å².